The molecule has 0 saturated heterocycles. The van der Waals surface area contributed by atoms with Gasteiger partial charge in [-0.2, -0.15) is 0 Å². The lowest BCUT2D eigenvalue weighted by atomic mass is 10.0. The molecule has 2 aromatic carbocycles. The Morgan fingerprint density at radius 1 is 1.00 bits per heavy atom. The Morgan fingerprint density at radius 2 is 1.70 bits per heavy atom. The van der Waals surface area contributed by atoms with Crippen LogP contribution >= 0.6 is 11.6 Å². The van der Waals surface area contributed by atoms with E-state index in [4.69, 9.17) is 11.6 Å². The first-order valence-corrected chi connectivity index (χ1v) is 10.2. The average molecular weight is 422 g/mol. The van der Waals surface area contributed by atoms with E-state index >= 15 is 0 Å². The van der Waals surface area contributed by atoms with Gasteiger partial charge >= 0.3 is 0 Å². The molecule has 0 saturated carbocycles. The smallest absolute Gasteiger partial charge is 0.247 e. The molecule has 0 bridgehead atoms. The van der Waals surface area contributed by atoms with Crippen molar-refractivity contribution in [3.63, 3.8) is 0 Å². The number of hydrogen-bond donors (Lipinski definition) is 1. The maximum absolute atomic E-state index is 13.3. The first-order valence-electron chi connectivity index (χ1n) is 9.85. The third-order valence-corrected chi connectivity index (χ3v) is 4.99. The number of aromatic nitrogens is 1. The monoisotopic (exact) mass is 421 g/mol. The number of nitrogens with one attached hydrogen (secondary N) is 1. The van der Waals surface area contributed by atoms with Crippen LogP contribution < -0.4 is 5.32 Å². The van der Waals surface area contributed by atoms with Gasteiger partial charge in [0, 0.05) is 24.2 Å². The molecule has 5 nitrogen and oxygen atoms in total. The molecule has 0 aliphatic rings. The molecule has 1 aromatic heterocycles. The number of amides is 2. The maximum Gasteiger partial charge on any atom is 0.247 e. The molecule has 154 valence electrons. The van der Waals surface area contributed by atoms with Crippen LogP contribution in [0.4, 0.5) is 0 Å². The molecule has 2 amide bonds. The third-order valence-electron chi connectivity index (χ3n) is 4.73. The van der Waals surface area contributed by atoms with Crippen LogP contribution in [0.2, 0.25) is 5.02 Å². The number of rotatable bonds is 8. The number of hydrogen-bond acceptors (Lipinski definition) is 3. The first kappa shape index (κ1) is 21.5. The number of carbonyl (C=O) groups is 2. The second kappa shape index (κ2) is 10.6. The Labute approximate surface area is 181 Å². The normalized spacial score (nSPS) is 11.5. The Kier molecular flexibility index (Phi) is 7.57. The molecule has 1 N–H and O–H groups in total. The van der Waals surface area contributed by atoms with Crippen molar-refractivity contribution in [3.05, 3.63) is 101 Å². The van der Waals surface area contributed by atoms with Gasteiger partial charge in [0.05, 0.1) is 12.2 Å². The largest absolute Gasteiger partial charge is 0.348 e. The lowest BCUT2D eigenvalue weighted by Gasteiger charge is -2.31. The highest BCUT2D eigenvalue weighted by Crippen LogP contribution is 2.25. The zero-order valence-corrected chi connectivity index (χ0v) is 17.5. The van der Waals surface area contributed by atoms with Crippen LogP contribution in [-0.4, -0.2) is 21.7 Å². The molecule has 1 heterocycles. The fraction of sp³-hybridized carbons (Fsp3) is 0.208. The predicted molar refractivity (Wildman–Crippen MR) is 118 cm³/mol. The molecular formula is C24H24ClN3O2. The molecule has 1 unspecified atom stereocenters. The van der Waals surface area contributed by atoms with Crippen LogP contribution in [0.15, 0.2) is 79.0 Å². The summed E-state index contributed by atoms with van der Waals surface area (Å²) in [5, 5.41) is 3.56. The molecule has 3 aromatic rings. The van der Waals surface area contributed by atoms with Crippen molar-refractivity contribution in [2.45, 2.75) is 32.5 Å². The number of nitrogens with zero attached hydrogens (tertiary/aromatic N) is 2. The van der Waals surface area contributed by atoms with E-state index in [1.54, 1.807) is 30.2 Å². The average Bonchev–Trinajstić information content (AvgIpc) is 2.79. The summed E-state index contributed by atoms with van der Waals surface area (Å²) in [4.78, 5) is 32.0. The second-order valence-electron chi connectivity index (χ2n) is 6.85. The zero-order chi connectivity index (χ0) is 21.3. The second-order valence-corrected chi connectivity index (χ2v) is 7.29. The molecule has 0 fully saturated rings. The van der Waals surface area contributed by atoms with E-state index in [1.807, 2.05) is 60.7 Å². The van der Waals surface area contributed by atoms with E-state index in [-0.39, 0.29) is 18.4 Å². The Hall–Kier alpha value is -3.18. The zero-order valence-electron chi connectivity index (χ0n) is 16.8. The summed E-state index contributed by atoms with van der Waals surface area (Å²) in [5.41, 5.74) is 2.41. The number of benzene rings is 2. The molecule has 0 radical (unpaired) electrons. The first-order chi connectivity index (χ1) is 14.6. The van der Waals surface area contributed by atoms with E-state index in [0.29, 0.717) is 18.0 Å². The van der Waals surface area contributed by atoms with Crippen LogP contribution in [-0.2, 0) is 22.7 Å². The van der Waals surface area contributed by atoms with Crippen molar-refractivity contribution >= 4 is 23.4 Å². The minimum atomic E-state index is -0.752. The van der Waals surface area contributed by atoms with Gasteiger partial charge in [0.25, 0.3) is 0 Å². The number of carbonyl (C=O) groups excluding carboxylic acids is 2. The van der Waals surface area contributed by atoms with Gasteiger partial charge in [-0.1, -0.05) is 67.1 Å². The summed E-state index contributed by atoms with van der Waals surface area (Å²) in [6, 6.07) is 21.4. The van der Waals surface area contributed by atoms with Crippen molar-refractivity contribution in [2.75, 3.05) is 0 Å². The SMILES string of the molecule is CCC(=O)N(Cc1ccc(Cl)cc1)C(C(=O)NCc1ccccn1)c1ccccc1. The van der Waals surface area contributed by atoms with E-state index in [9.17, 15) is 9.59 Å². The molecule has 0 spiro atoms. The van der Waals surface area contributed by atoms with Gasteiger partial charge in [0.2, 0.25) is 11.8 Å². The van der Waals surface area contributed by atoms with Gasteiger partial charge in [-0.3, -0.25) is 14.6 Å². The van der Waals surface area contributed by atoms with Crippen LogP contribution in [0.25, 0.3) is 0 Å². The molecule has 0 aliphatic heterocycles. The standard InChI is InChI=1S/C24H24ClN3O2/c1-2-22(29)28(17-18-11-13-20(25)14-12-18)23(19-8-4-3-5-9-19)24(30)27-16-21-10-6-7-15-26-21/h3-15,23H,2,16-17H2,1H3,(H,27,30). The number of pyridine rings is 1. The predicted octanol–water partition coefficient (Wildman–Crippen LogP) is 4.53. The van der Waals surface area contributed by atoms with Gasteiger partial charge < -0.3 is 10.2 Å². The quantitative estimate of drug-likeness (QED) is 0.581. The molecule has 3 rings (SSSR count). The molecule has 30 heavy (non-hydrogen) atoms. The van der Waals surface area contributed by atoms with Crippen LogP contribution in [0.3, 0.4) is 0 Å². The molecular weight excluding hydrogens is 398 g/mol. The summed E-state index contributed by atoms with van der Waals surface area (Å²) in [6.45, 7) is 2.39. The van der Waals surface area contributed by atoms with E-state index < -0.39 is 6.04 Å². The Morgan fingerprint density at radius 3 is 2.33 bits per heavy atom. The number of halogens is 1. The Balaban J connectivity index is 1.89. The van der Waals surface area contributed by atoms with E-state index in [2.05, 4.69) is 10.3 Å². The Bertz CT molecular complexity index is 963. The summed E-state index contributed by atoms with van der Waals surface area (Å²) in [7, 11) is 0. The lowest BCUT2D eigenvalue weighted by Crippen LogP contribution is -2.43. The molecule has 1 atom stereocenters. The van der Waals surface area contributed by atoms with Crippen molar-refractivity contribution in [1.29, 1.82) is 0 Å². The highest BCUT2D eigenvalue weighted by atomic mass is 35.5. The van der Waals surface area contributed by atoms with Gasteiger partial charge in [-0.05, 0) is 35.4 Å². The summed E-state index contributed by atoms with van der Waals surface area (Å²) in [6.07, 6.45) is 1.98. The fourth-order valence-electron chi connectivity index (χ4n) is 3.20. The van der Waals surface area contributed by atoms with Crippen molar-refractivity contribution in [2.24, 2.45) is 0 Å². The third kappa shape index (κ3) is 5.67. The lowest BCUT2D eigenvalue weighted by molar-refractivity contribution is -0.141. The molecule has 6 heteroatoms. The summed E-state index contributed by atoms with van der Waals surface area (Å²) < 4.78 is 0. The fourth-order valence-corrected chi connectivity index (χ4v) is 3.32. The highest BCUT2D eigenvalue weighted by molar-refractivity contribution is 6.30. The highest BCUT2D eigenvalue weighted by Gasteiger charge is 2.30. The van der Waals surface area contributed by atoms with Gasteiger partial charge in [0.15, 0.2) is 0 Å². The van der Waals surface area contributed by atoms with Crippen molar-refractivity contribution in [3.8, 4) is 0 Å². The maximum atomic E-state index is 13.3. The van der Waals surface area contributed by atoms with E-state index in [0.717, 1.165) is 16.8 Å². The van der Waals surface area contributed by atoms with Gasteiger partial charge in [0.1, 0.15) is 6.04 Å². The van der Waals surface area contributed by atoms with Crippen molar-refractivity contribution in [1.82, 2.24) is 15.2 Å². The van der Waals surface area contributed by atoms with Crippen LogP contribution in [0, 0.1) is 0 Å². The molecule has 0 aliphatic carbocycles. The van der Waals surface area contributed by atoms with Gasteiger partial charge in [-0.15, -0.1) is 0 Å². The van der Waals surface area contributed by atoms with Crippen LogP contribution in [0.5, 0.6) is 0 Å². The summed E-state index contributed by atoms with van der Waals surface area (Å²) >= 11 is 6.00. The van der Waals surface area contributed by atoms with E-state index in [1.165, 1.54) is 0 Å². The summed E-state index contributed by atoms with van der Waals surface area (Å²) in [5.74, 6) is -0.352. The van der Waals surface area contributed by atoms with Crippen molar-refractivity contribution < 1.29 is 9.59 Å². The topological polar surface area (TPSA) is 62.3 Å². The van der Waals surface area contributed by atoms with Crippen LogP contribution in [0.1, 0.15) is 36.2 Å². The van der Waals surface area contributed by atoms with Gasteiger partial charge in [-0.25, -0.2) is 0 Å². The minimum Gasteiger partial charge on any atom is -0.348 e. The minimum absolute atomic E-state index is 0.105.